The van der Waals surface area contributed by atoms with E-state index in [9.17, 15) is 4.79 Å². The molecule has 0 spiro atoms. The first kappa shape index (κ1) is 7.88. The van der Waals surface area contributed by atoms with Crippen LogP contribution in [0.25, 0.3) is 0 Å². The van der Waals surface area contributed by atoms with Gasteiger partial charge in [0.05, 0.1) is 5.69 Å². The Morgan fingerprint density at radius 2 is 2.36 bits per heavy atom. The summed E-state index contributed by atoms with van der Waals surface area (Å²) in [6.07, 6.45) is 0. The van der Waals surface area contributed by atoms with E-state index in [1.807, 2.05) is 0 Å². The first-order valence-corrected chi connectivity index (χ1v) is 3.41. The van der Waals surface area contributed by atoms with Crippen molar-refractivity contribution in [3.8, 4) is 0 Å². The van der Waals surface area contributed by atoms with Crippen LogP contribution in [0.3, 0.4) is 0 Å². The van der Waals surface area contributed by atoms with Gasteiger partial charge in [0.1, 0.15) is 5.69 Å². The minimum atomic E-state index is -0.0275. The van der Waals surface area contributed by atoms with E-state index in [-0.39, 0.29) is 5.78 Å². The lowest BCUT2D eigenvalue weighted by atomic mass is 10.2. The Labute approximate surface area is 65.2 Å². The van der Waals surface area contributed by atoms with Crippen molar-refractivity contribution in [1.29, 1.82) is 0 Å². The maximum atomic E-state index is 10.8. The van der Waals surface area contributed by atoms with E-state index >= 15 is 0 Å². The van der Waals surface area contributed by atoms with Gasteiger partial charge in [-0.3, -0.25) is 4.79 Å². The van der Waals surface area contributed by atoms with Gasteiger partial charge in [0, 0.05) is 13.5 Å². The molecular weight excluding hydrogens is 140 g/mol. The third-order valence-corrected chi connectivity index (χ3v) is 1.38. The molecular formula is C8H10N2O. The van der Waals surface area contributed by atoms with E-state index in [4.69, 9.17) is 5.73 Å². The Morgan fingerprint density at radius 3 is 2.91 bits per heavy atom. The second-order valence-corrected chi connectivity index (χ2v) is 2.27. The number of rotatable bonds is 2. The van der Waals surface area contributed by atoms with Crippen LogP contribution in [0.4, 0.5) is 0 Å². The van der Waals surface area contributed by atoms with Crippen molar-refractivity contribution < 1.29 is 4.79 Å². The molecule has 0 saturated carbocycles. The van der Waals surface area contributed by atoms with Gasteiger partial charge in [-0.25, -0.2) is 4.98 Å². The maximum Gasteiger partial charge on any atom is 0.178 e. The normalized spacial score (nSPS) is 9.64. The molecule has 11 heavy (non-hydrogen) atoms. The molecule has 0 unspecified atom stereocenters. The molecule has 0 radical (unpaired) electrons. The lowest BCUT2D eigenvalue weighted by Gasteiger charge is -1.97. The fraction of sp³-hybridized carbons (Fsp3) is 0.250. The molecule has 1 aromatic heterocycles. The first-order valence-electron chi connectivity index (χ1n) is 3.41. The van der Waals surface area contributed by atoms with Crippen LogP contribution in [0.1, 0.15) is 23.1 Å². The number of hydrogen-bond donors (Lipinski definition) is 1. The smallest absolute Gasteiger partial charge is 0.178 e. The number of carbonyl (C=O) groups is 1. The minimum absolute atomic E-state index is 0.0275. The van der Waals surface area contributed by atoms with E-state index in [1.54, 1.807) is 18.2 Å². The summed E-state index contributed by atoms with van der Waals surface area (Å²) in [5, 5.41) is 0. The lowest BCUT2D eigenvalue weighted by molar-refractivity contribution is 0.101. The average Bonchev–Trinajstić information content (AvgIpc) is 2.05. The van der Waals surface area contributed by atoms with Crippen LogP contribution in [0, 0.1) is 0 Å². The third kappa shape index (κ3) is 1.85. The monoisotopic (exact) mass is 150 g/mol. The Kier molecular flexibility index (Phi) is 2.33. The van der Waals surface area contributed by atoms with Gasteiger partial charge in [-0.1, -0.05) is 6.07 Å². The summed E-state index contributed by atoms with van der Waals surface area (Å²) in [5.74, 6) is -0.0275. The molecule has 3 heteroatoms. The topological polar surface area (TPSA) is 56.0 Å². The molecule has 0 fully saturated rings. The molecule has 1 heterocycles. The Balaban J connectivity index is 3.01. The predicted octanol–water partition coefficient (Wildman–Crippen LogP) is 0.743. The van der Waals surface area contributed by atoms with Crippen LogP contribution < -0.4 is 5.73 Å². The molecule has 0 saturated heterocycles. The van der Waals surface area contributed by atoms with Gasteiger partial charge >= 0.3 is 0 Å². The van der Waals surface area contributed by atoms with Gasteiger partial charge in [0.15, 0.2) is 5.78 Å². The number of hydrogen-bond acceptors (Lipinski definition) is 3. The van der Waals surface area contributed by atoms with Crippen LogP contribution in [-0.2, 0) is 6.54 Å². The van der Waals surface area contributed by atoms with Gasteiger partial charge in [-0.05, 0) is 12.1 Å². The predicted molar refractivity (Wildman–Crippen MR) is 42.1 cm³/mol. The molecule has 0 aliphatic heterocycles. The van der Waals surface area contributed by atoms with Crippen LogP contribution >= 0.6 is 0 Å². The summed E-state index contributed by atoms with van der Waals surface area (Å²) in [5.41, 5.74) is 6.57. The SMILES string of the molecule is CC(=O)c1cccc(CN)n1. The molecule has 0 aromatic carbocycles. The number of carbonyl (C=O) groups excluding carboxylic acids is 1. The lowest BCUT2D eigenvalue weighted by Crippen LogP contribution is -2.03. The zero-order valence-corrected chi connectivity index (χ0v) is 6.37. The van der Waals surface area contributed by atoms with Crippen molar-refractivity contribution in [2.24, 2.45) is 5.73 Å². The minimum Gasteiger partial charge on any atom is -0.325 e. The van der Waals surface area contributed by atoms with Crippen molar-refractivity contribution in [2.75, 3.05) is 0 Å². The van der Waals surface area contributed by atoms with Crippen molar-refractivity contribution in [3.63, 3.8) is 0 Å². The molecule has 3 nitrogen and oxygen atoms in total. The summed E-state index contributed by atoms with van der Waals surface area (Å²) >= 11 is 0. The highest BCUT2D eigenvalue weighted by atomic mass is 16.1. The Morgan fingerprint density at radius 1 is 1.64 bits per heavy atom. The number of ketones is 1. The highest BCUT2D eigenvalue weighted by molar-refractivity contribution is 5.92. The van der Waals surface area contributed by atoms with E-state index in [0.717, 1.165) is 5.69 Å². The van der Waals surface area contributed by atoms with Gasteiger partial charge < -0.3 is 5.73 Å². The first-order chi connectivity index (χ1) is 5.24. The molecule has 0 amide bonds. The van der Waals surface area contributed by atoms with E-state index in [0.29, 0.717) is 12.2 Å². The highest BCUT2D eigenvalue weighted by Gasteiger charge is 1.99. The second kappa shape index (κ2) is 3.25. The van der Waals surface area contributed by atoms with E-state index < -0.39 is 0 Å². The van der Waals surface area contributed by atoms with Crippen LogP contribution in [0.2, 0.25) is 0 Å². The number of pyridine rings is 1. The summed E-state index contributed by atoms with van der Waals surface area (Å²) in [6, 6.07) is 5.26. The fourth-order valence-electron chi connectivity index (χ4n) is 0.789. The van der Waals surface area contributed by atoms with Gasteiger partial charge in [0.2, 0.25) is 0 Å². The van der Waals surface area contributed by atoms with Crippen molar-refractivity contribution in [3.05, 3.63) is 29.6 Å². The largest absolute Gasteiger partial charge is 0.325 e. The second-order valence-electron chi connectivity index (χ2n) is 2.27. The summed E-state index contributed by atoms with van der Waals surface area (Å²) in [6.45, 7) is 1.86. The Hall–Kier alpha value is -1.22. The zero-order chi connectivity index (χ0) is 8.27. The van der Waals surface area contributed by atoms with Crippen molar-refractivity contribution in [1.82, 2.24) is 4.98 Å². The number of nitrogens with zero attached hydrogens (tertiary/aromatic N) is 1. The average molecular weight is 150 g/mol. The number of nitrogens with two attached hydrogens (primary N) is 1. The quantitative estimate of drug-likeness (QED) is 0.633. The number of aromatic nitrogens is 1. The Bertz CT molecular complexity index is 271. The zero-order valence-electron chi connectivity index (χ0n) is 6.37. The van der Waals surface area contributed by atoms with Crippen molar-refractivity contribution in [2.45, 2.75) is 13.5 Å². The fourth-order valence-corrected chi connectivity index (χ4v) is 0.789. The molecule has 0 aliphatic carbocycles. The number of Topliss-reactive ketones (excluding diaryl/α,β-unsaturated/α-hetero) is 1. The molecule has 0 aliphatic rings. The van der Waals surface area contributed by atoms with Gasteiger partial charge in [-0.2, -0.15) is 0 Å². The molecule has 1 rings (SSSR count). The molecule has 2 N–H and O–H groups in total. The maximum absolute atomic E-state index is 10.8. The van der Waals surface area contributed by atoms with Gasteiger partial charge in [0.25, 0.3) is 0 Å². The van der Waals surface area contributed by atoms with E-state index in [2.05, 4.69) is 4.98 Å². The summed E-state index contributed by atoms with van der Waals surface area (Å²) < 4.78 is 0. The summed E-state index contributed by atoms with van der Waals surface area (Å²) in [4.78, 5) is 14.8. The van der Waals surface area contributed by atoms with Crippen LogP contribution in [0.5, 0.6) is 0 Å². The van der Waals surface area contributed by atoms with Gasteiger partial charge in [-0.15, -0.1) is 0 Å². The summed E-state index contributed by atoms with van der Waals surface area (Å²) in [7, 11) is 0. The van der Waals surface area contributed by atoms with E-state index in [1.165, 1.54) is 6.92 Å². The molecule has 0 bridgehead atoms. The molecule has 58 valence electrons. The molecule has 0 atom stereocenters. The van der Waals surface area contributed by atoms with Crippen LogP contribution in [-0.4, -0.2) is 10.8 Å². The molecule has 1 aromatic rings. The highest BCUT2D eigenvalue weighted by Crippen LogP contribution is 1.98. The standard InChI is InChI=1S/C8H10N2O/c1-6(11)8-4-2-3-7(5-9)10-8/h2-4H,5,9H2,1H3. The van der Waals surface area contributed by atoms with Crippen molar-refractivity contribution >= 4 is 5.78 Å². The third-order valence-electron chi connectivity index (χ3n) is 1.38. The van der Waals surface area contributed by atoms with Crippen LogP contribution in [0.15, 0.2) is 18.2 Å².